The molecule has 0 atom stereocenters. The first kappa shape index (κ1) is 12.3. The molecular weight excluding hydrogens is 230 g/mol. The lowest BCUT2D eigenvalue weighted by atomic mass is 10.3. The molecule has 18 heavy (non-hydrogen) atoms. The number of ether oxygens (including phenoxy) is 2. The Balaban J connectivity index is 2.29. The molecule has 5 nitrogen and oxygen atoms in total. The van der Waals surface area contributed by atoms with Crippen LogP contribution in [0.3, 0.4) is 0 Å². The Kier molecular flexibility index (Phi) is 3.41. The maximum Gasteiger partial charge on any atom is 0.217 e. The van der Waals surface area contributed by atoms with Gasteiger partial charge in [-0.15, -0.1) is 0 Å². The molecular formula is C13H17N3O2. The summed E-state index contributed by atoms with van der Waals surface area (Å²) in [6.07, 6.45) is 0. The number of aromatic nitrogens is 2. The van der Waals surface area contributed by atoms with E-state index in [0.717, 1.165) is 5.69 Å². The molecule has 0 unspecified atom stereocenters. The summed E-state index contributed by atoms with van der Waals surface area (Å²) in [5.74, 6) is 1.85. The summed E-state index contributed by atoms with van der Waals surface area (Å²) in [5, 5.41) is 4.22. The topological polar surface area (TPSA) is 62.3 Å². The first-order chi connectivity index (χ1) is 8.61. The van der Waals surface area contributed by atoms with E-state index >= 15 is 0 Å². The largest absolute Gasteiger partial charge is 0.492 e. The van der Waals surface area contributed by atoms with Gasteiger partial charge in [-0.25, -0.2) is 4.68 Å². The van der Waals surface area contributed by atoms with Crippen molar-refractivity contribution < 1.29 is 9.47 Å². The molecule has 2 aromatic rings. The van der Waals surface area contributed by atoms with Crippen molar-refractivity contribution in [3.8, 4) is 17.4 Å². The van der Waals surface area contributed by atoms with Gasteiger partial charge in [0.1, 0.15) is 11.4 Å². The Morgan fingerprint density at radius 2 is 2.06 bits per heavy atom. The van der Waals surface area contributed by atoms with Crippen molar-refractivity contribution in [2.75, 3.05) is 12.3 Å². The molecule has 5 heteroatoms. The fraction of sp³-hybridized carbons (Fsp3) is 0.308. The van der Waals surface area contributed by atoms with E-state index in [1.165, 1.54) is 0 Å². The number of benzene rings is 1. The van der Waals surface area contributed by atoms with Crippen molar-refractivity contribution in [2.24, 2.45) is 7.05 Å². The molecule has 2 rings (SSSR count). The summed E-state index contributed by atoms with van der Waals surface area (Å²) < 4.78 is 12.8. The Hall–Kier alpha value is -2.17. The van der Waals surface area contributed by atoms with Gasteiger partial charge in [0, 0.05) is 13.1 Å². The van der Waals surface area contributed by atoms with Crippen LogP contribution in [0.1, 0.15) is 12.6 Å². The lowest BCUT2D eigenvalue weighted by Crippen LogP contribution is -2.00. The number of rotatable bonds is 4. The van der Waals surface area contributed by atoms with E-state index < -0.39 is 0 Å². The lowest BCUT2D eigenvalue weighted by molar-refractivity contribution is 0.339. The van der Waals surface area contributed by atoms with Gasteiger partial charge >= 0.3 is 0 Å². The van der Waals surface area contributed by atoms with Crippen LogP contribution >= 0.6 is 0 Å². The molecule has 1 heterocycles. The van der Waals surface area contributed by atoms with Crippen molar-refractivity contribution in [2.45, 2.75) is 13.8 Å². The van der Waals surface area contributed by atoms with Gasteiger partial charge in [-0.05, 0) is 26.0 Å². The molecule has 0 aliphatic rings. The first-order valence-electron chi connectivity index (χ1n) is 5.81. The zero-order chi connectivity index (χ0) is 13.1. The van der Waals surface area contributed by atoms with Gasteiger partial charge in [-0.2, -0.15) is 5.10 Å². The average Bonchev–Trinajstić information content (AvgIpc) is 2.63. The summed E-state index contributed by atoms with van der Waals surface area (Å²) in [5.41, 5.74) is 7.39. The van der Waals surface area contributed by atoms with Crippen molar-refractivity contribution in [3.63, 3.8) is 0 Å². The minimum atomic E-state index is 0.498. The summed E-state index contributed by atoms with van der Waals surface area (Å²) >= 11 is 0. The third-order valence-electron chi connectivity index (χ3n) is 2.50. The normalized spacial score (nSPS) is 10.4. The quantitative estimate of drug-likeness (QED) is 0.843. The number of hydrogen-bond acceptors (Lipinski definition) is 4. The number of nitrogen functional groups attached to an aromatic ring is 1. The van der Waals surface area contributed by atoms with E-state index in [2.05, 4.69) is 5.10 Å². The number of nitrogens with zero attached hydrogens (tertiary/aromatic N) is 2. The summed E-state index contributed by atoms with van der Waals surface area (Å²) in [6.45, 7) is 4.39. The maximum atomic E-state index is 5.99. The molecule has 0 aliphatic carbocycles. The molecule has 1 aromatic carbocycles. The van der Waals surface area contributed by atoms with Crippen LogP contribution < -0.4 is 15.2 Å². The zero-order valence-electron chi connectivity index (χ0n) is 10.8. The molecule has 0 saturated heterocycles. The van der Waals surface area contributed by atoms with E-state index in [1.807, 2.05) is 39.1 Å². The summed E-state index contributed by atoms with van der Waals surface area (Å²) in [4.78, 5) is 0. The second kappa shape index (κ2) is 5.00. The minimum Gasteiger partial charge on any atom is -0.492 e. The highest BCUT2D eigenvalue weighted by atomic mass is 16.5. The van der Waals surface area contributed by atoms with Crippen molar-refractivity contribution in [1.82, 2.24) is 9.78 Å². The van der Waals surface area contributed by atoms with Gasteiger partial charge in [-0.1, -0.05) is 6.07 Å². The molecule has 0 spiro atoms. The van der Waals surface area contributed by atoms with Gasteiger partial charge in [0.2, 0.25) is 5.88 Å². The van der Waals surface area contributed by atoms with E-state index in [1.54, 1.807) is 10.7 Å². The third kappa shape index (κ3) is 2.40. The van der Waals surface area contributed by atoms with Crippen molar-refractivity contribution >= 4 is 5.69 Å². The Bertz CT molecular complexity index is 549. The fourth-order valence-electron chi connectivity index (χ4n) is 1.69. The standard InChI is InChI=1S/C13H17N3O2/c1-4-17-10-6-5-7-11(13(10)14)18-12-8-9(2)15-16(12)3/h5-8H,4,14H2,1-3H3. The second-order valence-corrected chi connectivity index (χ2v) is 3.95. The van der Waals surface area contributed by atoms with Gasteiger partial charge in [0.05, 0.1) is 12.3 Å². The Morgan fingerprint density at radius 3 is 2.67 bits per heavy atom. The van der Waals surface area contributed by atoms with E-state index in [0.29, 0.717) is 29.7 Å². The van der Waals surface area contributed by atoms with Crippen LogP contribution in [0.5, 0.6) is 17.4 Å². The number of para-hydroxylation sites is 1. The Labute approximate surface area is 106 Å². The van der Waals surface area contributed by atoms with Crippen LogP contribution in [0.2, 0.25) is 0 Å². The van der Waals surface area contributed by atoms with Gasteiger partial charge < -0.3 is 15.2 Å². The number of aryl methyl sites for hydroxylation is 2. The molecule has 0 fully saturated rings. The van der Waals surface area contributed by atoms with Crippen LogP contribution in [0.15, 0.2) is 24.3 Å². The highest BCUT2D eigenvalue weighted by Gasteiger charge is 2.10. The van der Waals surface area contributed by atoms with Crippen LogP contribution in [-0.4, -0.2) is 16.4 Å². The SMILES string of the molecule is CCOc1cccc(Oc2cc(C)nn2C)c1N. The molecule has 0 amide bonds. The van der Waals surface area contributed by atoms with E-state index in [9.17, 15) is 0 Å². The highest BCUT2D eigenvalue weighted by Crippen LogP contribution is 2.34. The van der Waals surface area contributed by atoms with Crippen LogP contribution in [-0.2, 0) is 7.05 Å². The zero-order valence-corrected chi connectivity index (χ0v) is 10.8. The number of nitrogens with two attached hydrogens (primary N) is 1. The van der Waals surface area contributed by atoms with Gasteiger partial charge in [0.15, 0.2) is 5.75 Å². The average molecular weight is 247 g/mol. The maximum absolute atomic E-state index is 5.99. The predicted octanol–water partition coefficient (Wildman–Crippen LogP) is 2.50. The fourth-order valence-corrected chi connectivity index (χ4v) is 1.69. The lowest BCUT2D eigenvalue weighted by Gasteiger charge is -2.11. The van der Waals surface area contributed by atoms with Crippen LogP contribution in [0, 0.1) is 6.92 Å². The predicted molar refractivity (Wildman–Crippen MR) is 70.0 cm³/mol. The van der Waals surface area contributed by atoms with Crippen molar-refractivity contribution in [1.29, 1.82) is 0 Å². The summed E-state index contributed by atoms with van der Waals surface area (Å²) in [7, 11) is 1.82. The second-order valence-electron chi connectivity index (χ2n) is 3.95. The third-order valence-corrected chi connectivity index (χ3v) is 2.50. The van der Waals surface area contributed by atoms with Gasteiger partial charge in [-0.3, -0.25) is 0 Å². The number of hydrogen-bond donors (Lipinski definition) is 1. The van der Waals surface area contributed by atoms with Crippen LogP contribution in [0.25, 0.3) is 0 Å². The first-order valence-corrected chi connectivity index (χ1v) is 5.81. The molecule has 1 aromatic heterocycles. The molecule has 2 N–H and O–H groups in total. The minimum absolute atomic E-state index is 0.498. The molecule has 0 radical (unpaired) electrons. The van der Waals surface area contributed by atoms with E-state index in [-0.39, 0.29) is 0 Å². The number of anilines is 1. The monoisotopic (exact) mass is 247 g/mol. The summed E-state index contributed by atoms with van der Waals surface area (Å²) in [6, 6.07) is 7.33. The van der Waals surface area contributed by atoms with Crippen molar-refractivity contribution in [3.05, 3.63) is 30.0 Å². The molecule has 0 saturated carbocycles. The molecule has 0 bridgehead atoms. The smallest absolute Gasteiger partial charge is 0.217 e. The Morgan fingerprint density at radius 1 is 1.33 bits per heavy atom. The molecule has 0 aliphatic heterocycles. The van der Waals surface area contributed by atoms with Crippen LogP contribution in [0.4, 0.5) is 5.69 Å². The highest BCUT2D eigenvalue weighted by molar-refractivity contribution is 5.63. The van der Waals surface area contributed by atoms with E-state index in [4.69, 9.17) is 15.2 Å². The van der Waals surface area contributed by atoms with Gasteiger partial charge in [0.25, 0.3) is 0 Å². The molecule has 96 valence electrons.